The number of aliphatic hydroxyl groups is 1. The highest BCUT2D eigenvalue weighted by atomic mass is 79.9. The average molecular weight is 252 g/mol. The molecule has 3 nitrogen and oxygen atoms in total. The summed E-state index contributed by atoms with van der Waals surface area (Å²) in [7, 11) is 0. The summed E-state index contributed by atoms with van der Waals surface area (Å²) in [4.78, 5) is 11.5. The number of halogens is 1. The van der Waals surface area contributed by atoms with Gasteiger partial charge in [-0.25, -0.2) is 0 Å². The highest BCUT2D eigenvalue weighted by Crippen LogP contribution is 2.16. The van der Waals surface area contributed by atoms with Crippen LogP contribution >= 0.6 is 15.9 Å². The van der Waals surface area contributed by atoms with Gasteiger partial charge in [0.1, 0.15) is 0 Å². The minimum absolute atomic E-state index is 0.0344. The van der Waals surface area contributed by atoms with Gasteiger partial charge in [-0.15, -0.1) is 0 Å². The maximum atomic E-state index is 11.5. The van der Waals surface area contributed by atoms with Gasteiger partial charge in [0.2, 0.25) is 5.91 Å². The van der Waals surface area contributed by atoms with Crippen molar-refractivity contribution >= 4 is 21.8 Å². The number of carbonyl (C=O) groups excluding carboxylic acids is 1. The molecule has 0 bridgehead atoms. The maximum absolute atomic E-state index is 11.5. The SMILES string of the molecule is CCC(CCO)NC(=O)C(C)(C)Br. The lowest BCUT2D eigenvalue weighted by Crippen LogP contribution is -2.43. The Bertz CT molecular complexity index is 165. The third kappa shape index (κ3) is 5.26. The normalized spacial score (nSPS) is 13.9. The number of rotatable bonds is 5. The van der Waals surface area contributed by atoms with E-state index in [1.165, 1.54) is 0 Å². The number of hydrogen-bond acceptors (Lipinski definition) is 2. The minimum Gasteiger partial charge on any atom is -0.396 e. The Hall–Kier alpha value is -0.0900. The molecule has 4 heteroatoms. The molecule has 0 radical (unpaired) electrons. The standard InChI is InChI=1S/C9H18BrNO2/c1-4-7(5-6-12)11-8(13)9(2,3)10/h7,12H,4-6H2,1-3H3,(H,11,13). The van der Waals surface area contributed by atoms with Crippen LogP contribution in [0.5, 0.6) is 0 Å². The summed E-state index contributed by atoms with van der Waals surface area (Å²) in [6, 6.07) is 0.0781. The van der Waals surface area contributed by atoms with Crippen molar-refractivity contribution in [3.8, 4) is 0 Å². The zero-order valence-corrected chi connectivity index (χ0v) is 10.0. The molecule has 0 aromatic carbocycles. The molecule has 0 aliphatic heterocycles. The molecule has 78 valence electrons. The van der Waals surface area contributed by atoms with Gasteiger partial charge in [0.25, 0.3) is 0 Å². The molecule has 0 aromatic rings. The summed E-state index contributed by atoms with van der Waals surface area (Å²) in [6.07, 6.45) is 1.46. The number of alkyl halides is 1. The highest BCUT2D eigenvalue weighted by Gasteiger charge is 2.25. The van der Waals surface area contributed by atoms with Crippen LogP contribution in [0.25, 0.3) is 0 Å². The molecule has 1 unspecified atom stereocenters. The summed E-state index contributed by atoms with van der Waals surface area (Å²) in [6.45, 7) is 5.70. The van der Waals surface area contributed by atoms with E-state index >= 15 is 0 Å². The van der Waals surface area contributed by atoms with E-state index in [9.17, 15) is 4.79 Å². The second-order valence-electron chi connectivity index (χ2n) is 3.56. The molecule has 1 amide bonds. The number of hydrogen-bond donors (Lipinski definition) is 2. The molecular weight excluding hydrogens is 234 g/mol. The quantitative estimate of drug-likeness (QED) is 0.727. The van der Waals surface area contributed by atoms with Gasteiger partial charge >= 0.3 is 0 Å². The molecule has 0 saturated carbocycles. The second-order valence-corrected chi connectivity index (χ2v) is 5.55. The van der Waals surface area contributed by atoms with Gasteiger partial charge in [-0.3, -0.25) is 4.79 Å². The van der Waals surface area contributed by atoms with E-state index in [1.54, 1.807) is 13.8 Å². The smallest absolute Gasteiger partial charge is 0.236 e. The van der Waals surface area contributed by atoms with Crippen LogP contribution in [-0.2, 0) is 4.79 Å². The summed E-state index contributed by atoms with van der Waals surface area (Å²) >= 11 is 3.28. The summed E-state index contributed by atoms with van der Waals surface area (Å²) in [5, 5.41) is 11.6. The van der Waals surface area contributed by atoms with Gasteiger partial charge in [-0.2, -0.15) is 0 Å². The minimum atomic E-state index is -0.532. The zero-order chi connectivity index (χ0) is 10.5. The van der Waals surface area contributed by atoms with Gasteiger partial charge in [0, 0.05) is 12.6 Å². The van der Waals surface area contributed by atoms with Crippen LogP contribution in [0.2, 0.25) is 0 Å². The fraction of sp³-hybridized carbons (Fsp3) is 0.889. The van der Waals surface area contributed by atoms with Crippen molar-refractivity contribution in [1.82, 2.24) is 5.32 Å². The average Bonchev–Trinajstić information content (AvgIpc) is 2.01. The monoisotopic (exact) mass is 251 g/mol. The summed E-state index contributed by atoms with van der Waals surface area (Å²) in [5.41, 5.74) is 0. The van der Waals surface area contributed by atoms with Crippen LogP contribution in [0.4, 0.5) is 0 Å². The Morgan fingerprint density at radius 2 is 2.15 bits per heavy atom. The molecule has 0 rings (SSSR count). The van der Waals surface area contributed by atoms with Gasteiger partial charge in [-0.05, 0) is 26.7 Å². The summed E-state index contributed by atoms with van der Waals surface area (Å²) in [5.74, 6) is -0.0344. The zero-order valence-electron chi connectivity index (χ0n) is 8.43. The predicted molar refractivity (Wildman–Crippen MR) is 56.9 cm³/mol. The Kier molecular flexibility index (Phi) is 5.56. The van der Waals surface area contributed by atoms with Crippen molar-refractivity contribution in [3.05, 3.63) is 0 Å². The molecule has 13 heavy (non-hydrogen) atoms. The molecular formula is C9H18BrNO2. The Balaban J connectivity index is 4.01. The van der Waals surface area contributed by atoms with Crippen LogP contribution in [0.3, 0.4) is 0 Å². The molecule has 0 fully saturated rings. The van der Waals surface area contributed by atoms with Crippen LogP contribution in [0, 0.1) is 0 Å². The van der Waals surface area contributed by atoms with E-state index in [2.05, 4.69) is 21.2 Å². The Labute approximate surface area is 88.0 Å². The van der Waals surface area contributed by atoms with Gasteiger partial charge in [0.05, 0.1) is 4.32 Å². The molecule has 0 aromatic heterocycles. The second kappa shape index (κ2) is 5.60. The van der Waals surface area contributed by atoms with E-state index in [0.29, 0.717) is 6.42 Å². The molecule has 0 heterocycles. The van der Waals surface area contributed by atoms with E-state index in [-0.39, 0.29) is 18.6 Å². The first-order chi connectivity index (χ1) is 5.91. The number of carbonyl (C=O) groups is 1. The first-order valence-corrected chi connectivity index (χ1v) is 5.31. The number of amides is 1. The third-order valence-corrected chi connectivity index (χ3v) is 2.21. The van der Waals surface area contributed by atoms with E-state index < -0.39 is 4.32 Å². The predicted octanol–water partition coefficient (Wildman–Crippen LogP) is 1.44. The van der Waals surface area contributed by atoms with Crippen molar-refractivity contribution in [2.75, 3.05) is 6.61 Å². The third-order valence-electron chi connectivity index (χ3n) is 1.85. The molecule has 0 aliphatic carbocycles. The number of nitrogens with one attached hydrogen (secondary N) is 1. The van der Waals surface area contributed by atoms with Crippen molar-refractivity contribution < 1.29 is 9.90 Å². The highest BCUT2D eigenvalue weighted by molar-refractivity contribution is 9.10. The fourth-order valence-electron chi connectivity index (χ4n) is 0.891. The lowest BCUT2D eigenvalue weighted by atomic mass is 10.1. The van der Waals surface area contributed by atoms with Crippen molar-refractivity contribution in [1.29, 1.82) is 0 Å². The van der Waals surface area contributed by atoms with Gasteiger partial charge in [0.15, 0.2) is 0 Å². The first kappa shape index (κ1) is 12.9. The van der Waals surface area contributed by atoms with Crippen LogP contribution in [0.1, 0.15) is 33.6 Å². The Morgan fingerprint density at radius 3 is 2.46 bits per heavy atom. The van der Waals surface area contributed by atoms with Crippen LogP contribution < -0.4 is 5.32 Å². The van der Waals surface area contributed by atoms with Crippen LogP contribution in [-0.4, -0.2) is 28.0 Å². The van der Waals surface area contributed by atoms with E-state index in [0.717, 1.165) is 6.42 Å². The van der Waals surface area contributed by atoms with Crippen molar-refractivity contribution in [3.63, 3.8) is 0 Å². The van der Waals surface area contributed by atoms with Gasteiger partial charge < -0.3 is 10.4 Å². The van der Waals surface area contributed by atoms with E-state index in [1.807, 2.05) is 6.92 Å². The Morgan fingerprint density at radius 1 is 1.62 bits per heavy atom. The molecule has 0 aliphatic rings. The first-order valence-electron chi connectivity index (χ1n) is 4.52. The largest absolute Gasteiger partial charge is 0.396 e. The maximum Gasteiger partial charge on any atom is 0.236 e. The summed E-state index contributed by atoms with van der Waals surface area (Å²) < 4.78 is -0.532. The van der Waals surface area contributed by atoms with Gasteiger partial charge in [-0.1, -0.05) is 22.9 Å². The molecule has 0 saturated heterocycles. The fourth-order valence-corrected chi connectivity index (χ4v) is 1.01. The van der Waals surface area contributed by atoms with Crippen molar-refractivity contribution in [2.24, 2.45) is 0 Å². The lowest BCUT2D eigenvalue weighted by molar-refractivity contribution is -0.123. The molecule has 0 spiro atoms. The number of aliphatic hydroxyl groups excluding tert-OH is 1. The van der Waals surface area contributed by atoms with E-state index in [4.69, 9.17) is 5.11 Å². The van der Waals surface area contributed by atoms with Crippen molar-refractivity contribution in [2.45, 2.75) is 44.0 Å². The van der Waals surface area contributed by atoms with Crippen LogP contribution in [0.15, 0.2) is 0 Å². The topological polar surface area (TPSA) is 49.3 Å². The lowest BCUT2D eigenvalue weighted by Gasteiger charge is -2.21. The molecule has 2 N–H and O–H groups in total. The molecule has 1 atom stereocenters.